The second kappa shape index (κ2) is 10.6. The summed E-state index contributed by atoms with van der Waals surface area (Å²) in [4.78, 5) is 36.6. The van der Waals surface area contributed by atoms with E-state index < -0.39 is 35.9 Å². The number of aliphatic hydroxyl groups excluding tert-OH is 1. The maximum Gasteiger partial charge on any atom is 0.252 e. The first kappa shape index (κ1) is 21.6. The summed E-state index contributed by atoms with van der Waals surface area (Å²) in [6.45, 7) is 0. The molecule has 0 aromatic heterocycles. The number of rotatable bonds is 9. The topological polar surface area (TPSA) is 145 Å². The van der Waals surface area contributed by atoms with Crippen molar-refractivity contribution in [1.82, 2.24) is 10.6 Å². The highest BCUT2D eigenvalue weighted by Crippen LogP contribution is 2.18. The molecule has 0 aliphatic heterocycles. The van der Waals surface area contributed by atoms with Gasteiger partial charge < -0.3 is 21.5 Å². The molecule has 5 N–H and O–H groups in total. The second-order valence-corrected chi connectivity index (χ2v) is 6.33. The van der Waals surface area contributed by atoms with Crippen LogP contribution < -0.4 is 16.4 Å². The van der Waals surface area contributed by atoms with E-state index >= 15 is 0 Å². The van der Waals surface area contributed by atoms with Crippen LogP contribution in [0.3, 0.4) is 0 Å². The fraction of sp³-hybridized carbons (Fsp3) is 0.238. The zero-order chi connectivity index (χ0) is 21.2. The normalized spacial score (nSPS) is 13.4. The molecule has 0 bridgehead atoms. The molecule has 3 amide bonds. The predicted molar refractivity (Wildman–Crippen MR) is 105 cm³/mol. The average Bonchev–Trinajstić information content (AvgIpc) is 2.75. The lowest BCUT2D eigenvalue weighted by Gasteiger charge is -2.25. The molecule has 3 atom stereocenters. The highest BCUT2D eigenvalue weighted by molar-refractivity contribution is 5.95. The third-order valence-corrected chi connectivity index (χ3v) is 4.27. The standard InChI is InChI=1S/C21H22N4O4/c22-13-7-12-16(19(23)27)24-21(29)18(26)17(14-8-3-1-4-9-14)25-20(28)15-10-5-2-6-11-15/h1-6,8-11,16-18,26H,7,12H2,(H2,23,27)(H,24,29)(H,25,28)/t16-,17-,18+/m0/s1. The molecule has 8 nitrogen and oxygen atoms in total. The minimum Gasteiger partial charge on any atom is -0.381 e. The van der Waals surface area contributed by atoms with Crippen LogP contribution in [0.25, 0.3) is 0 Å². The number of nitrogens with zero attached hydrogens (tertiary/aromatic N) is 1. The van der Waals surface area contributed by atoms with E-state index in [2.05, 4.69) is 10.6 Å². The van der Waals surface area contributed by atoms with E-state index in [0.29, 0.717) is 11.1 Å². The van der Waals surface area contributed by atoms with Crippen molar-refractivity contribution < 1.29 is 19.5 Å². The van der Waals surface area contributed by atoms with Gasteiger partial charge in [-0.2, -0.15) is 5.26 Å². The number of nitrogens with one attached hydrogen (secondary N) is 2. The molecule has 0 unspecified atom stereocenters. The van der Waals surface area contributed by atoms with Crippen LogP contribution in [0.15, 0.2) is 60.7 Å². The molecule has 0 radical (unpaired) electrons. The first-order valence-corrected chi connectivity index (χ1v) is 8.99. The highest BCUT2D eigenvalue weighted by atomic mass is 16.3. The quantitative estimate of drug-likeness (QED) is 0.497. The minimum atomic E-state index is -1.69. The molecule has 0 saturated heterocycles. The van der Waals surface area contributed by atoms with Gasteiger partial charge in [-0.15, -0.1) is 0 Å². The summed E-state index contributed by atoms with van der Waals surface area (Å²) < 4.78 is 0. The Labute approximate surface area is 168 Å². The molecular formula is C21H22N4O4. The number of carbonyl (C=O) groups is 3. The maximum absolute atomic E-state index is 12.6. The number of aliphatic hydroxyl groups is 1. The van der Waals surface area contributed by atoms with Gasteiger partial charge in [0, 0.05) is 12.0 Å². The first-order chi connectivity index (χ1) is 13.9. The first-order valence-electron chi connectivity index (χ1n) is 8.99. The van der Waals surface area contributed by atoms with Crippen molar-refractivity contribution in [2.45, 2.75) is 31.0 Å². The van der Waals surface area contributed by atoms with Gasteiger partial charge >= 0.3 is 0 Å². The zero-order valence-electron chi connectivity index (χ0n) is 15.6. The van der Waals surface area contributed by atoms with Gasteiger partial charge in [0.1, 0.15) is 6.04 Å². The Bertz CT molecular complexity index is 881. The monoisotopic (exact) mass is 394 g/mol. The van der Waals surface area contributed by atoms with Crippen molar-refractivity contribution >= 4 is 17.7 Å². The molecule has 2 rings (SSSR count). The number of benzene rings is 2. The summed E-state index contributed by atoms with van der Waals surface area (Å²) in [7, 11) is 0. The van der Waals surface area contributed by atoms with E-state index in [1.807, 2.05) is 6.07 Å². The number of amides is 3. The molecule has 0 fully saturated rings. The second-order valence-electron chi connectivity index (χ2n) is 6.33. The van der Waals surface area contributed by atoms with Crippen molar-refractivity contribution in [1.29, 1.82) is 5.26 Å². The van der Waals surface area contributed by atoms with Crippen LogP contribution >= 0.6 is 0 Å². The SMILES string of the molecule is N#CCC[C@H](NC(=O)[C@H](O)[C@@H](NC(=O)c1ccccc1)c1ccccc1)C(N)=O. The van der Waals surface area contributed by atoms with Crippen LogP contribution in [0.1, 0.15) is 34.8 Å². The van der Waals surface area contributed by atoms with Crippen LogP contribution in [0, 0.1) is 11.3 Å². The number of hydrogen-bond donors (Lipinski definition) is 4. The summed E-state index contributed by atoms with van der Waals surface area (Å²) in [6, 6.07) is 16.6. The number of carbonyl (C=O) groups excluding carboxylic acids is 3. The smallest absolute Gasteiger partial charge is 0.252 e. The van der Waals surface area contributed by atoms with E-state index in [1.54, 1.807) is 60.7 Å². The summed E-state index contributed by atoms with van der Waals surface area (Å²) >= 11 is 0. The van der Waals surface area contributed by atoms with Gasteiger partial charge in [-0.3, -0.25) is 14.4 Å². The third kappa shape index (κ3) is 6.16. The summed E-state index contributed by atoms with van der Waals surface area (Å²) in [6.07, 6.45) is -1.65. The molecule has 0 heterocycles. The lowest BCUT2D eigenvalue weighted by atomic mass is 9.99. The van der Waals surface area contributed by atoms with Crippen molar-refractivity contribution in [2.24, 2.45) is 5.73 Å². The molecule has 2 aromatic carbocycles. The van der Waals surface area contributed by atoms with Crippen molar-refractivity contribution in [3.05, 3.63) is 71.8 Å². The lowest BCUT2D eigenvalue weighted by molar-refractivity contribution is -0.134. The van der Waals surface area contributed by atoms with E-state index in [1.165, 1.54) is 0 Å². The number of nitrogens with two attached hydrogens (primary N) is 1. The summed E-state index contributed by atoms with van der Waals surface area (Å²) in [5.41, 5.74) is 6.13. The van der Waals surface area contributed by atoms with Crippen molar-refractivity contribution in [2.75, 3.05) is 0 Å². The van der Waals surface area contributed by atoms with Gasteiger partial charge in [0.2, 0.25) is 5.91 Å². The van der Waals surface area contributed by atoms with Crippen LogP contribution in [0.5, 0.6) is 0 Å². The molecule has 0 aliphatic carbocycles. The molecule has 29 heavy (non-hydrogen) atoms. The summed E-state index contributed by atoms with van der Waals surface area (Å²) in [5.74, 6) is -2.17. The van der Waals surface area contributed by atoms with Crippen LogP contribution in [0.4, 0.5) is 0 Å². The Morgan fingerprint density at radius 2 is 1.59 bits per heavy atom. The van der Waals surface area contributed by atoms with E-state index in [9.17, 15) is 19.5 Å². The number of primary amides is 1. The van der Waals surface area contributed by atoms with Crippen LogP contribution in [-0.2, 0) is 9.59 Å². The molecule has 0 aliphatic rings. The Morgan fingerprint density at radius 3 is 2.14 bits per heavy atom. The minimum absolute atomic E-state index is 0.0108. The average molecular weight is 394 g/mol. The third-order valence-electron chi connectivity index (χ3n) is 4.27. The van der Waals surface area contributed by atoms with E-state index in [-0.39, 0.29) is 12.8 Å². The molecule has 0 saturated carbocycles. The van der Waals surface area contributed by atoms with Crippen molar-refractivity contribution in [3.63, 3.8) is 0 Å². The van der Waals surface area contributed by atoms with Gasteiger partial charge in [-0.05, 0) is 24.1 Å². The molecule has 0 spiro atoms. The Balaban J connectivity index is 2.21. The Kier molecular flexibility index (Phi) is 7.88. The molecular weight excluding hydrogens is 372 g/mol. The van der Waals surface area contributed by atoms with E-state index in [0.717, 1.165) is 0 Å². The molecule has 8 heteroatoms. The van der Waals surface area contributed by atoms with Gasteiger partial charge in [-0.1, -0.05) is 48.5 Å². The summed E-state index contributed by atoms with van der Waals surface area (Å²) in [5, 5.41) is 24.3. The van der Waals surface area contributed by atoms with Crippen LogP contribution in [-0.4, -0.2) is 35.0 Å². The van der Waals surface area contributed by atoms with Gasteiger partial charge in [0.05, 0.1) is 12.1 Å². The molecule has 2 aromatic rings. The van der Waals surface area contributed by atoms with Crippen molar-refractivity contribution in [3.8, 4) is 6.07 Å². The molecule has 150 valence electrons. The fourth-order valence-electron chi connectivity index (χ4n) is 2.72. The number of hydrogen-bond acceptors (Lipinski definition) is 5. The maximum atomic E-state index is 12.6. The zero-order valence-corrected chi connectivity index (χ0v) is 15.6. The van der Waals surface area contributed by atoms with Gasteiger partial charge in [0.15, 0.2) is 6.10 Å². The number of nitriles is 1. The highest BCUT2D eigenvalue weighted by Gasteiger charge is 2.31. The van der Waals surface area contributed by atoms with E-state index in [4.69, 9.17) is 11.0 Å². The fourth-order valence-corrected chi connectivity index (χ4v) is 2.72. The Morgan fingerprint density at radius 1 is 1.00 bits per heavy atom. The van der Waals surface area contributed by atoms with Gasteiger partial charge in [-0.25, -0.2) is 0 Å². The van der Waals surface area contributed by atoms with Crippen LogP contribution in [0.2, 0.25) is 0 Å². The lowest BCUT2D eigenvalue weighted by Crippen LogP contribution is -2.51. The van der Waals surface area contributed by atoms with Gasteiger partial charge in [0.25, 0.3) is 11.8 Å². The largest absolute Gasteiger partial charge is 0.381 e. The predicted octanol–water partition coefficient (Wildman–Crippen LogP) is 0.792. The Hall–Kier alpha value is -3.70.